The van der Waals surface area contributed by atoms with Crippen molar-refractivity contribution in [3.8, 4) is 0 Å². The highest BCUT2D eigenvalue weighted by Gasteiger charge is 2.31. The van der Waals surface area contributed by atoms with E-state index in [0.29, 0.717) is 11.9 Å². The van der Waals surface area contributed by atoms with E-state index in [2.05, 4.69) is 42.3 Å². The van der Waals surface area contributed by atoms with Crippen LogP contribution in [-0.4, -0.2) is 30.4 Å². The maximum Gasteiger partial charge on any atom is 0.223 e. The molecule has 0 spiro atoms. The van der Waals surface area contributed by atoms with E-state index >= 15 is 0 Å². The summed E-state index contributed by atoms with van der Waals surface area (Å²) in [7, 11) is 0. The Morgan fingerprint density at radius 2 is 1.96 bits per heavy atom. The number of rotatable bonds is 4. The Hall–Kier alpha value is -1.06. The first-order valence-electron chi connectivity index (χ1n) is 9.23. The second kappa shape index (κ2) is 8.87. The van der Waals surface area contributed by atoms with Gasteiger partial charge in [-0.25, -0.2) is 0 Å². The molecule has 1 unspecified atom stereocenters. The maximum absolute atomic E-state index is 12.8. The van der Waals surface area contributed by atoms with Crippen LogP contribution in [0.25, 0.3) is 0 Å². The first-order chi connectivity index (χ1) is 11.2. The molecule has 4 heteroatoms. The van der Waals surface area contributed by atoms with Crippen LogP contribution in [0, 0.1) is 19.8 Å². The lowest BCUT2D eigenvalue weighted by Crippen LogP contribution is -2.32. The Bertz CT molecular complexity index is 555. The molecule has 3 nitrogen and oxygen atoms in total. The molecule has 2 heterocycles. The van der Waals surface area contributed by atoms with Crippen molar-refractivity contribution < 1.29 is 4.79 Å². The third-order valence-corrected chi connectivity index (χ3v) is 5.80. The lowest BCUT2D eigenvalue weighted by Gasteiger charge is -2.28. The summed E-state index contributed by atoms with van der Waals surface area (Å²) < 4.78 is 0. The number of aryl methyl sites for hydroxylation is 1. The fourth-order valence-electron chi connectivity index (χ4n) is 4.16. The molecule has 3 rings (SSSR count). The number of hydrogen-bond donors (Lipinski definition) is 1. The van der Waals surface area contributed by atoms with Crippen LogP contribution >= 0.6 is 12.4 Å². The van der Waals surface area contributed by atoms with Gasteiger partial charge in [0.2, 0.25) is 5.91 Å². The van der Waals surface area contributed by atoms with Crippen LogP contribution in [0.4, 0.5) is 0 Å². The average molecular weight is 351 g/mol. The molecule has 1 N–H and O–H groups in total. The monoisotopic (exact) mass is 350 g/mol. The van der Waals surface area contributed by atoms with E-state index in [1.807, 2.05) is 0 Å². The summed E-state index contributed by atoms with van der Waals surface area (Å²) in [5.74, 6) is 1.11. The molecule has 1 aromatic rings. The number of amides is 1. The molecule has 2 fully saturated rings. The van der Waals surface area contributed by atoms with Gasteiger partial charge in [-0.1, -0.05) is 18.2 Å². The van der Waals surface area contributed by atoms with Crippen LogP contribution in [0.5, 0.6) is 0 Å². The molecule has 0 aromatic heterocycles. The third-order valence-electron chi connectivity index (χ3n) is 5.80. The summed E-state index contributed by atoms with van der Waals surface area (Å²) >= 11 is 0. The van der Waals surface area contributed by atoms with Crippen molar-refractivity contribution in [2.45, 2.75) is 58.4 Å². The fraction of sp³-hybridized carbons (Fsp3) is 0.650. The Labute approximate surface area is 152 Å². The molecule has 2 aliphatic heterocycles. The molecule has 2 aliphatic rings. The van der Waals surface area contributed by atoms with Gasteiger partial charge in [0.25, 0.3) is 0 Å². The minimum atomic E-state index is 0. The Morgan fingerprint density at radius 3 is 2.71 bits per heavy atom. The van der Waals surface area contributed by atoms with E-state index in [4.69, 9.17) is 0 Å². The van der Waals surface area contributed by atoms with E-state index in [1.165, 1.54) is 29.5 Å². The minimum Gasteiger partial charge on any atom is -0.336 e. The number of halogens is 1. The molecule has 134 valence electrons. The summed E-state index contributed by atoms with van der Waals surface area (Å²) in [4.78, 5) is 14.9. The fourth-order valence-corrected chi connectivity index (χ4v) is 4.16. The highest BCUT2D eigenvalue weighted by atomic mass is 35.5. The van der Waals surface area contributed by atoms with Crippen LogP contribution in [0.2, 0.25) is 0 Å². The molecule has 1 amide bonds. The van der Waals surface area contributed by atoms with Gasteiger partial charge in [0.1, 0.15) is 0 Å². The normalized spacial score (nSPS) is 21.6. The molecule has 0 bridgehead atoms. The molecule has 1 aromatic carbocycles. The van der Waals surface area contributed by atoms with E-state index in [1.54, 1.807) is 0 Å². The zero-order valence-electron chi connectivity index (χ0n) is 15.0. The van der Waals surface area contributed by atoms with Crippen molar-refractivity contribution in [3.05, 3.63) is 34.9 Å². The number of nitrogens with one attached hydrogen (secondary N) is 1. The van der Waals surface area contributed by atoms with E-state index in [-0.39, 0.29) is 12.4 Å². The zero-order chi connectivity index (χ0) is 16.2. The SMILES string of the molecule is Cc1cccc(C2CCCN2C(=O)CCC2CCNCC2)c1C.Cl. The van der Waals surface area contributed by atoms with Gasteiger partial charge in [-0.05, 0) is 81.6 Å². The number of benzene rings is 1. The summed E-state index contributed by atoms with van der Waals surface area (Å²) in [5.41, 5.74) is 4.05. The highest BCUT2D eigenvalue weighted by molar-refractivity contribution is 5.85. The van der Waals surface area contributed by atoms with E-state index in [9.17, 15) is 4.79 Å². The van der Waals surface area contributed by atoms with Crippen molar-refractivity contribution >= 4 is 18.3 Å². The van der Waals surface area contributed by atoms with Crippen LogP contribution in [-0.2, 0) is 4.79 Å². The smallest absolute Gasteiger partial charge is 0.223 e. The number of nitrogens with zero attached hydrogens (tertiary/aromatic N) is 1. The second-order valence-electron chi connectivity index (χ2n) is 7.27. The van der Waals surface area contributed by atoms with Crippen molar-refractivity contribution in [3.63, 3.8) is 0 Å². The Kier molecular flexibility index (Phi) is 7.12. The van der Waals surface area contributed by atoms with Gasteiger partial charge in [0.15, 0.2) is 0 Å². The molecule has 0 saturated carbocycles. The van der Waals surface area contributed by atoms with Crippen molar-refractivity contribution in [1.29, 1.82) is 0 Å². The Balaban J connectivity index is 0.00000208. The average Bonchev–Trinajstić information content (AvgIpc) is 3.05. The topological polar surface area (TPSA) is 32.3 Å². The molecule has 0 radical (unpaired) electrons. The van der Waals surface area contributed by atoms with Crippen LogP contribution < -0.4 is 5.32 Å². The number of carbonyl (C=O) groups is 1. The van der Waals surface area contributed by atoms with Gasteiger partial charge in [0, 0.05) is 13.0 Å². The number of likely N-dealkylation sites (tertiary alicyclic amines) is 1. The Morgan fingerprint density at radius 1 is 1.21 bits per heavy atom. The van der Waals surface area contributed by atoms with Crippen molar-refractivity contribution in [2.75, 3.05) is 19.6 Å². The molecular weight excluding hydrogens is 320 g/mol. The number of hydrogen-bond acceptors (Lipinski definition) is 2. The quantitative estimate of drug-likeness (QED) is 0.883. The van der Waals surface area contributed by atoms with Gasteiger partial charge in [-0.2, -0.15) is 0 Å². The lowest BCUT2D eigenvalue weighted by molar-refractivity contribution is -0.132. The second-order valence-corrected chi connectivity index (χ2v) is 7.27. The maximum atomic E-state index is 12.8. The first kappa shape index (κ1) is 19.3. The molecule has 24 heavy (non-hydrogen) atoms. The van der Waals surface area contributed by atoms with Gasteiger partial charge >= 0.3 is 0 Å². The molecule has 2 saturated heterocycles. The molecule has 1 atom stereocenters. The van der Waals surface area contributed by atoms with E-state index < -0.39 is 0 Å². The van der Waals surface area contributed by atoms with Crippen LogP contribution in [0.1, 0.15) is 61.3 Å². The predicted molar refractivity (Wildman–Crippen MR) is 102 cm³/mol. The summed E-state index contributed by atoms with van der Waals surface area (Å²) in [6.45, 7) is 7.53. The van der Waals surface area contributed by atoms with Crippen molar-refractivity contribution in [1.82, 2.24) is 10.2 Å². The van der Waals surface area contributed by atoms with Gasteiger partial charge in [0.05, 0.1) is 6.04 Å². The van der Waals surface area contributed by atoms with Gasteiger partial charge in [-0.15, -0.1) is 12.4 Å². The highest BCUT2D eigenvalue weighted by Crippen LogP contribution is 2.35. The molecule has 0 aliphatic carbocycles. The minimum absolute atomic E-state index is 0. The number of piperidine rings is 1. The van der Waals surface area contributed by atoms with Crippen LogP contribution in [0.3, 0.4) is 0 Å². The summed E-state index contributed by atoms with van der Waals surface area (Å²) in [6, 6.07) is 6.81. The summed E-state index contributed by atoms with van der Waals surface area (Å²) in [5, 5.41) is 3.40. The predicted octanol–water partition coefficient (Wildman–Crippen LogP) is 4.17. The zero-order valence-corrected chi connectivity index (χ0v) is 15.8. The standard InChI is InChI=1S/C20H30N2O.ClH/c1-15-5-3-6-18(16(15)2)19-7-4-14-22(19)20(23)9-8-17-10-12-21-13-11-17;/h3,5-6,17,19,21H,4,7-14H2,1-2H3;1H. The van der Waals surface area contributed by atoms with Crippen molar-refractivity contribution in [2.24, 2.45) is 5.92 Å². The third kappa shape index (κ3) is 4.31. The van der Waals surface area contributed by atoms with Gasteiger partial charge in [-0.3, -0.25) is 4.79 Å². The first-order valence-corrected chi connectivity index (χ1v) is 9.23. The largest absolute Gasteiger partial charge is 0.336 e. The van der Waals surface area contributed by atoms with Crippen LogP contribution in [0.15, 0.2) is 18.2 Å². The van der Waals surface area contributed by atoms with Gasteiger partial charge < -0.3 is 10.2 Å². The molecular formula is C20H31ClN2O. The summed E-state index contributed by atoms with van der Waals surface area (Å²) in [6.07, 6.45) is 6.50. The number of carbonyl (C=O) groups excluding carboxylic acids is 1. The lowest BCUT2D eigenvalue weighted by atomic mass is 9.92. The van der Waals surface area contributed by atoms with E-state index in [0.717, 1.165) is 51.2 Å².